The van der Waals surface area contributed by atoms with Crippen molar-refractivity contribution < 1.29 is 4.74 Å². The third-order valence-corrected chi connectivity index (χ3v) is 3.86. The molecule has 0 spiro atoms. The van der Waals surface area contributed by atoms with Crippen LogP contribution < -0.4 is 4.74 Å². The van der Waals surface area contributed by atoms with Crippen LogP contribution in [0.15, 0.2) is 42.5 Å². The minimum atomic E-state index is 0.776. The fraction of sp³-hybridized carbons (Fsp3) is 0.316. The second-order valence-electron chi connectivity index (χ2n) is 5.64. The summed E-state index contributed by atoms with van der Waals surface area (Å²) in [6, 6.07) is 14.3. The Kier molecular flexibility index (Phi) is 4.42. The number of fused-ring (bicyclic) bond motifs is 1. The summed E-state index contributed by atoms with van der Waals surface area (Å²) < 4.78 is 5.93. The van der Waals surface area contributed by atoms with Gasteiger partial charge in [-0.05, 0) is 37.1 Å². The highest BCUT2D eigenvalue weighted by molar-refractivity contribution is 5.79. The molecule has 0 amide bonds. The Morgan fingerprint density at radius 3 is 2.77 bits per heavy atom. The number of aromatic amines is 1. The molecule has 1 N–H and O–H groups in total. The number of ether oxygens (including phenoxy) is 1. The number of H-pyrrole nitrogens is 1. The summed E-state index contributed by atoms with van der Waals surface area (Å²) in [7, 11) is 0. The molecule has 0 bridgehead atoms. The van der Waals surface area contributed by atoms with E-state index in [-0.39, 0.29) is 0 Å². The number of aryl methyl sites for hydroxylation is 1. The highest BCUT2D eigenvalue weighted by Crippen LogP contribution is 2.27. The van der Waals surface area contributed by atoms with Crippen molar-refractivity contribution in [2.24, 2.45) is 0 Å². The average molecular weight is 294 g/mol. The maximum absolute atomic E-state index is 5.93. The Morgan fingerprint density at radius 2 is 1.95 bits per heavy atom. The van der Waals surface area contributed by atoms with Gasteiger partial charge < -0.3 is 9.72 Å². The zero-order chi connectivity index (χ0) is 15.4. The van der Waals surface area contributed by atoms with E-state index in [9.17, 15) is 0 Å². The number of benzene rings is 2. The van der Waals surface area contributed by atoms with Crippen LogP contribution in [0, 0.1) is 6.92 Å². The Hall–Kier alpha value is -2.29. The van der Waals surface area contributed by atoms with Gasteiger partial charge in [-0.3, -0.25) is 0 Å². The molecule has 0 fully saturated rings. The molecular weight excluding hydrogens is 272 g/mol. The number of para-hydroxylation sites is 2. The van der Waals surface area contributed by atoms with Gasteiger partial charge in [0.25, 0.3) is 0 Å². The van der Waals surface area contributed by atoms with Gasteiger partial charge in [0.15, 0.2) is 0 Å². The van der Waals surface area contributed by atoms with Gasteiger partial charge in [-0.1, -0.05) is 44.0 Å². The molecule has 0 atom stereocenters. The van der Waals surface area contributed by atoms with Gasteiger partial charge in [0, 0.05) is 5.56 Å². The number of nitrogens with zero attached hydrogens (tertiary/aromatic N) is 1. The first-order chi connectivity index (χ1) is 10.8. The van der Waals surface area contributed by atoms with E-state index in [4.69, 9.17) is 4.74 Å². The predicted octanol–water partition coefficient (Wildman–Crippen LogP) is 5.11. The van der Waals surface area contributed by atoms with E-state index in [1.54, 1.807) is 0 Å². The third-order valence-electron chi connectivity index (χ3n) is 3.86. The molecule has 1 aromatic heterocycles. The Balaban J connectivity index is 1.84. The molecule has 3 heteroatoms. The maximum Gasteiger partial charge on any atom is 0.138 e. The largest absolute Gasteiger partial charge is 0.493 e. The Morgan fingerprint density at radius 1 is 1.09 bits per heavy atom. The summed E-state index contributed by atoms with van der Waals surface area (Å²) in [5, 5.41) is 0. The fourth-order valence-electron chi connectivity index (χ4n) is 2.53. The number of nitrogens with one attached hydrogen (secondary N) is 1. The molecule has 0 saturated heterocycles. The van der Waals surface area contributed by atoms with Crippen molar-refractivity contribution in [2.75, 3.05) is 6.61 Å². The van der Waals surface area contributed by atoms with Gasteiger partial charge in [0.1, 0.15) is 11.6 Å². The zero-order valence-electron chi connectivity index (χ0n) is 13.2. The Bertz CT molecular complexity index is 728. The van der Waals surface area contributed by atoms with Gasteiger partial charge >= 0.3 is 0 Å². The molecule has 3 rings (SSSR count). The molecule has 22 heavy (non-hydrogen) atoms. The van der Waals surface area contributed by atoms with Crippen LogP contribution in [0.1, 0.15) is 31.7 Å². The minimum absolute atomic E-state index is 0.776. The van der Waals surface area contributed by atoms with E-state index < -0.39 is 0 Å². The first-order valence-corrected chi connectivity index (χ1v) is 7.96. The number of unbranched alkanes of at least 4 members (excludes halogenated alkanes) is 2. The van der Waals surface area contributed by atoms with Gasteiger partial charge in [0.05, 0.1) is 17.6 Å². The molecule has 1 heterocycles. The number of aromatic nitrogens is 2. The van der Waals surface area contributed by atoms with E-state index in [2.05, 4.69) is 42.0 Å². The summed E-state index contributed by atoms with van der Waals surface area (Å²) in [6.07, 6.45) is 3.52. The standard InChI is InChI=1S/C19H22N2O/c1-3-4-7-12-22-18-13-15(11-10-14(18)2)19-20-16-8-5-6-9-17(16)21-19/h5-6,8-11,13H,3-4,7,12H2,1-2H3,(H,20,21). The molecule has 0 unspecified atom stereocenters. The predicted molar refractivity (Wildman–Crippen MR) is 91.3 cm³/mol. The van der Waals surface area contributed by atoms with Gasteiger partial charge in [-0.25, -0.2) is 4.98 Å². The summed E-state index contributed by atoms with van der Waals surface area (Å²) in [5.41, 5.74) is 4.27. The van der Waals surface area contributed by atoms with Crippen molar-refractivity contribution in [3.8, 4) is 17.1 Å². The SMILES string of the molecule is CCCCCOc1cc(-c2nc3ccccc3[nH]2)ccc1C. The van der Waals surface area contributed by atoms with Crippen molar-refractivity contribution in [3.63, 3.8) is 0 Å². The molecule has 3 nitrogen and oxygen atoms in total. The fourth-order valence-corrected chi connectivity index (χ4v) is 2.53. The monoisotopic (exact) mass is 294 g/mol. The van der Waals surface area contributed by atoms with Crippen LogP contribution in [0.5, 0.6) is 5.75 Å². The summed E-state index contributed by atoms with van der Waals surface area (Å²) in [4.78, 5) is 8.02. The molecule has 0 aliphatic carbocycles. The van der Waals surface area contributed by atoms with Gasteiger partial charge in [-0.2, -0.15) is 0 Å². The molecule has 114 valence electrons. The molecule has 2 aromatic carbocycles. The lowest BCUT2D eigenvalue weighted by atomic mass is 10.1. The first-order valence-electron chi connectivity index (χ1n) is 7.96. The zero-order valence-corrected chi connectivity index (χ0v) is 13.2. The topological polar surface area (TPSA) is 37.9 Å². The van der Waals surface area contributed by atoms with Crippen LogP contribution in [0.3, 0.4) is 0 Å². The Labute approximate surface area is 131 Å². The summed E-state index contributed by atoms with van der Waals surface area (Å²) >= 11 is 0. The van der Waals surface area contributed by atoms with Crippen molar-refractivity contribution in [1.29, 1.82) is 0 Å². The highest BCUT2D eigenvalue weighted by atomic mass is 16.5. The maximum atomic E-state index is 5.93. The quantitative estimate of drug-likeness (QED) is 0.642. The van der Waals surface area contributed by atoms with Crippen LogP contribution in [0.25, 0.3) is 22.4 Å². The van der Waals surface area contributed by atoms with E-state index in [1.165, 1.54) is 12.8 Å². The second-order valence-corrected chi connectivity index (χ2v) is 5.64. The number of hydrogen-bond donors (Lipinski definition) is 1. The number of hydrogen-bond acceptors (Lipinski definition) is 2. The van der Waals surface area contributed by atoms with Crippen LogP contribution in [0.4, 0.5) is 0 Å². The van der Waals surface area contributed by atoms with Crippen LogP contribution in [-0.2, 0) is 0 Å². The lowest BCUT2D eigenvalue weighted by Gasteiger charge is -2.10. The van der Waals surface area contributed by atoms with E-state index in [0.29, 0.717) is 0 Å². The summed E-state index contributed by atoms with van der Waals surface area (Å²) in [6.45, 7) is 5.06. The minimum Gasteiger partial charge on any atom is -0.493 e. The van der Waals surface area contributed by atoms with Crippen molar-refractivity contribution >= 4 is 11.0 Å². The van der Waals surface area contributed by atoms with Crippen molar-refractivity contribution in [1.82, 2.24) is 9.97 Å². The van der Waals surface area contributed by atoms with Crippen molar-refractivity contribution in [2.45, 2.75) is 33.1 Å². The van der Waals surface area contributed by atoms with Gasteiger partial charge in [-0.15, -0.1) is 0 Å². The van der Waals surface area contributed by atoms with E-state index >= 15 is 0 Å². The van der Waals surface area contributed by atoms with Crippen LogP contribution >= 0.6 is 0 Å². The van der Waals surface area contributed by atoms with Crippen molar-refractivity contribution in [3.05, 3.63) is 48.0 Å². The molecule has 3 aromatic rings. The highest BCUT2D eigenvalue weighted by Gasteiger charge is 2.08. The molecule has 0 aliphatic heterocycles. The smallest absolute Gasteiger partial charge is 0.138 e. The van der Waals surface area contributed by atoms with Crippen LogP contribution in [0.2, 0.25) is 0 Å². The summed E-state index contributed by atoms with van der Waals surface area (Å²) in [5.74, 6) is 1.84. The molecular formula is C19H22N2O. The lowest BCUT2D eigenvalue weighted by Crippen LogP contribution is -1.99. The molecule has 0 saturated carbocycles. The average Bonchev–Trinajstić information content (AvgIpc) is 2.97. The number of imidazole rings is 1. The number of rotatable bonds is 6. The van der Waals surface area contributed by atoms with Gasteiger partial charge in [0.2, 0.25) is 0 Å². The second kappa shape index (κ2) is 6.65. The first kappa shape index (κ1) is 14.6. The molecule has 0 radical (unpaired) electrons. The molecule has 0 aliphatic rings. The lowest BCUT2D eigenvalue weighted by molar-refractivity contribution is 0.304. The van der Waals surface area contributed by atoms with Crippen LogP contribution in [-0.4, -0.2) is 16.6 Å². The normalized spacial score (nSPS) is 11.0. The van der Waals surface area contributed by atoms with E-state index in [1.807, 2.05) is 24.3 Å². The third kappa shape index (κ3) is 3.14. The van der Waals surface area contributed by atoms with E-state index in [0.717, 1.165) is 46.8 Å².